The van der Waals surface area contributed by atoms with E-state index < -0.39 is 11.9 Å². The molecule has 6 nitrogen and oxygen atoms in total. The quantitative estimate of drug-likeness (QED) is 0.513. The Bertz CT molecular complexity index is 846. The zero-order valence-electron chi connectivity index (χ0n) is 15.5. The number of amides is 2. The number of ether oxygens (including phenoxy) is 1. The first-order chi connectivity index (χ1) is 13.5. The number of fused-ring (bicyclic) bond motifs is 1. The van der Waals surface area contributed by atoms with E-state index in [1.165, 1.54) is 16.7 Å². The summed E-state index contributed by atoms with van der Waals surface area (Å²) in [6.45, 7) is 0.226. The third-order valence-corrected chi connectivity index (χ3v) is 5.85. The highest BCUT2D eigenvalue weighted by Gasteiger charge is 2.34. The first-order valence-electron chi connectivity index (χ1n) is 8.96. The van der Waals surface area contributed by atoms with Gasteiger partial charge < -0.3 is 9.84 Å². The van der Waals surface area contributed by atoms with Crippen molar-refractivity contribution in [3.05, 3.63) is 59.7 Å². The van der Waals surface area contributed by atoms with Gasteiger partial charge in [-0.05, 0) is 49.2 Å². The van der Waals surface area contributed by atoms with Crippen molar-refractivity contribution < 1.29 is 24.2 Å². The topological polar surface area (TPSA) is 83.9 Å². The summed E-state index contributed by atoms with van der Waals surface area (Å²) in [4.78, 5) is 38.5. The normalized spacial score (nSPS) is 14.1. The molecule has 146 valence electrons. The van der Waals surface area contributed by atoms with E-state index in [1.54, 1.807) is 31.4 Å². The summed E-state index contributed by atoms with van der Waals surface area (Å²) in [6.07, 6.45) is 0.845. The molecule has 1 unspecified atom stereocenters. The minimum Gasteiger partial charge on any atom is -0.497 e. The van der Waals surface area contributed by atoms with E-state index in [1.807, 2.05) is 24.3 Å². The zero-order chi connectivity index (χ0) is 20.1. The Morgan fingerprint density at radius 1 is 1.07 bits per heavy atom. The third kappa shape index (κ3) is 4.36. The highest BCUT2D eigenvalue weighted by Crippen LogP contribution is 2.26. The molecule has 1 aliphatic heterocycles. The molecule has 2 aromatic carbocycles. The molecule has 2 amide bonds. The third-order valence-electron chi connectivity index (χ3n) is 4.67. The van der Waals surface area contributed by atoms with Crippen LogP contribution in [-0.4, -0.2) is 47.2 Å². The molecule has 7 heteroatoms. The smallest absolute Gasteiger partial charge is 0.307 e. The van der Waals surface area contributed by atoms with Crippen LogP contribution >= 0.6 is 11.8 Å². The van der Waals surface area contributed by atoms with Gasteiger partial charge in [-0.25, -0.2) is 0 Å². The van der Waals surface area contributed by atoms with E-state index in [2.05, 4.69) is 0 Å². The van der Waals surface area contributed by atoms with Crippen molar-refractivity contribution in [2.45, 2.75) is 17.7 Å². The second kappa shape index (κ2) is 8.93. The minimum absolute atomic E-state index is 0.226. The molecule has 28 heavy (non-hydrogen) atoms. The van der Waals surface area contributed by atoms with Crippen LogP contribution in [0.15, 0.2) is 53.4 Å². The summed E-state index contributed by atoms with van der Waals surface area (Å²) in [6, 6.07) is 14.2. The van der Waals surface area contributed by atoms with Gasteiger partial charge in [0, 0.05) is 17.2 Å². The van der Waals surface area contributed by atoms with Crippen molar-refractivity contribution in [3.63, 3.8) is 0 Å². The molecule has 3 rings (SSSR count). The molecular formula is C21H21NO5S. The summed E-state index contributed by atoms with van der Waals surface area (Å²) in [7, 11) is 1.59. The van der Waals surface area contributed by atoms with E-state index in [-0.39, 0.29) is 18.4 Å². The lowest BCUT2D eigenvalue weighted by molar-refractivity contribution is -0.141. The number of imide groups is 1. The molecule has 0 bridgehead atoms. The predicted octanol–water partition coefficient (Wildman–Crippen LogP) is 3.56. The molecule has 1 atom stereocenters. The lowest BCUT2D eigenvalue weighted by atomic mass is 10.1. The highest BCUT2D eigenvalue weighted by molar-refractivity contribution is 7.99. The fourth-order valence-corrected chi connectivity index (χ4v) is 4.12. The van der Waals surface area contributed by atoms with Gasteiger partial charge in [0.1, 0.15) is 5.75 Å². The van der Waals surface area contributed by atoms with E-state index in [9.17, 15) is 19.5 Å². The largest absolute Gasteiger partial charge is 0.497 e. The van der Waals surface area contributed by atoms with Crippen LogP contribution in [0.25, 0.3) is 0 Å². The first-order valence-corrected chi connectivity index (χ1v) is 9.94. The molecular weight excluding hydrogens is 378 g/mol. The summed E-state index contributed by atoms with van der Waals surface area (Å²) in [5, 5.41) is 9.49. The number of carbonyl (C=O) groups excluding carboxylic acids is 2. The van der Waals surface area contributed by atoms with Crippen molar-refractivity contribution in [1.29, 1.82) is 0 Å². The Morgan fingerprint density at radius 3 is 2.21 bits per heavy atom. The van der Waals surface area contributed by atoms with Gasteiger partial charge in [-0.15, -0.1) is 11.8 Å². The fraction of sp³-hybridized carbons (Fsp3) is 0.286. The molecule has 1 aliphatic rings. The highest BCUT2D eigenvalue weighted by atomic mass is 32.2. The number of carboxylic acids is 1. The second-order valence-corrected chi connectivity index (χ2v) is 7.56. The van der Waals surface area contributed by atoms with Crippen molar-refractivity contribution in [3.8, 4) is 5.75 Å². The minimum atomic E-state index is -0.872. The van der Waals surface area contributed by atoms with Crippen LogP contribution in [-0.2, 0) is 4.79 Å². The maximum atomic E-state index is 12.4. The first kappa shape index (κ1) is 19.9. The van der Waals surface area contributed by atoms with Crippen LogP contribution in [0.5, 0.6) is 5.75 Å². The van der Waals surface area contributed by atoms with Gasteiger partial charge in [0.2, 0.25) is 0 Å². The van der Waals surface area contributed by atoms with Gasteiger partial charge in [-0.3, -0.25) is 19.3 Å². The second-order valence-electron chi connectivity index (χ2n) is 6.47. The molecule has 1 N–H and O–H groups in total. The van der Waals surface area contributed by atoms with Crippen molar-refractivity contribution in [2.75, 3.05) is 19.4 Å². The number of hydrogen-bond donors (Lipinski definition) is 1. The molecule has 0 spiro atoms. The number of aliphatic carboxylic acids is 1. The Morgan fingerprint density at radius 2 is 1.68 bits per heavy atom. The number of thioether (sulfide) groups is 1. The number of nitrogens with zero attached hydrogens (tertiary/aromatic N) is 1. The Kier molecular flexibility index (Phi) is 6.36. The number of benzene rings is 2. The summed E-state index contributed by atoms with van der Waals surface area (Å²) >= 11 is 1.47. The number of methoxy groups -OCH3 is 1. The van der Waals surface area contributed by atoms with Crippen LogP contribution in [0.3, 0.4) is 0 Å². The van der Waals surface area contributed by atoms with Gasteiger partial charge in [-0.2, -0.15) is 0 Å². The van der Waals surface area contributed by atoms with Crippen LogP contribution in [0.1, 0.15) is 33.6 Å². The molecule has 0 aliphatic carbocycles. The summed E-state index contributed by atoms with van der Waals surface area (Å²) in [5.74, 6) is -0.866. The maximum absolute atomic E-state index is 12.4. The Hall–Kier alpha value is -2.80. The maximum Gasteiger partial charge on any atom is 0.307 e. The number of carbonyl (C=O) groups is 3. The molecule has 0 radical (unpaired) electrons. The van der Waals surface area contributed by atoms with Crippen LogP contribution < -0.4 is 4.74 Å². The average molecular weight is 399 g/mol. The predicted molar refractivity (Wildman–Crippen MR) is 106 cm³/mol. The van der Waals surface area contributed by atoms with Crippen LogP contribution in [0.4, 0.5) is 0 Å². The molecule has 0 saturated heterocycles. The van der Waals surface area contributed by atoms with Crippen molar-refractivity contribution in [2.24, 2.45) is 5.92 Å². The molecule has 0 fully saturated rings. The molecule has 0 saturated carbocycles. The van der Waals surface area contributed by atoms with Crippen LogP contribution in [0.2, 0.25) is 0 Å². The Labute approximate surface area is 167 Å². The van der Waals surface area contributed by atoms with E-state index in [0.29, 0.717) is 29.7 Å². The van der Waals surface area contributed by atoms with Crippen molar-refractivity contribution in [1.82, 2.24) is 4.90 Å². The van der Waals surface area contributed by atoms with Gasteiger partial charge in [-0.1, -0.05) is 12.1 Å². The van der Waals surface area contributed by atoms with E-state index in [4.69, 9.17) is 4.74 Å². The lowest BCUT2D eigenvalue weighted by Gasteiger charge is -2.16. The summed E-state index contributed by atoms with van der Waals surface area (Å²) in [5.41, 5.74) is 0.828. The molecule has 1 heterocycles. The molecule has 2 aromatic rings. The standard InChI is InChI=1S/C21H21NO5S/c1-27-15-8-10-16(11-9-15)28-13-14(21(25)26)5-4-12-22-19(23)17-6-2-3-7-18(17)20(22)24/h2-3,6-11,14H,4-5,12-13H2,1H3,(H,25,26). The zero-order valence-corrected chi connectivity index (χ0v) is 16.3. The number of rotatable bonds is 9. The monoisotopic (exact) mass is 399 g/mol. The number of hydrogen-bond acceptors (Lipinski definition) is 5. The van der Waals surface area contributed by atoms with E-state index in [0.717, 1.165) is 10.6 Å². The number of carboxylic acid groups (broad SMARTS) is 1. The fourth-order valence-electron chi connectivity index (χ4n) is 3.08. The summed E-state index contributed by atoms with van der Waals surface area (Å²) < 4.78 is 5.11. The van der Waals surface area contributed by atoms with Crippen molar-refractivity contribution >= 4 is 29.5 Å². The van der Waals surface area contributed by atoms with Gasteiger partial charge >= 0.3 is 5.97 Å². The van der Waals surface area contributed by atoms with E-state index >= 15 is 0 Å². The van der Waals surface area contributed by atoms with Gasteiger partial charge in [0.25, 0.3) is 11.8 Å². The molecule has 0 aromatic heterocycles. The van der Waals surface area contributed by atoms with Gasteiger partial charge in [0.15, 0.2) is 0 Å². The van der Waals surface area contributed by atoms with Gasteiger partial charge in [0.05, 0.1) is 24.2 Å². The van der Waals surface area contributed by atoms with Crippen LogP contribution in [0, 0.1) is 5.92 Å². The lowest BCUT2D eigenvalue weighted by Crippen LogP contribution is -2.31. The Balaban J connectivity index is 1.52. The average Bonchev–Trinajstić information content (AvgIpc) is 2.95. The SMILES string of the molecule is COc1ccc(SCC(CCCN2C(=O)c3ccccc3C2=O)C(=O)O)cc1.